The van der Waals surface area contributed by atoms with Gasteiger partial charge < -0.3 is 11.1 Å². The van der Waals surface area contributed by atoms with E-state index in [0.29, 0.717) is 16.4 Å². The third-order valence-electron chi connectivity index (χ3n) is 2.69. The van der Waals surface area contributed by atoms with E-state index in [1.54, 1.807) is 41.3 Å². The molecule has 1 amide bonds. The molecule has 2 aromatic heterocycles. The van der Waals surface area contributed by atoms with Crippen molar-refractivity contribution < 1.29 is 4.79 Å². The van der Waals surface area contributed by atoms with E-state index in [-0.39, 0.29) is 11.8 Å². The van der Waals surface area contributed by atoms with Crippen LogP contribution in [0.1, 0.15) is 10.6 Å². The molecule has 0 atom stereocenters. The molecule has 0 bridgehead atoms. The van der Waals surface area contributed by atoms with Crippen molar-refractivity contribution >= 4 is 29.1 Å². The van der Waals surface area contributed by atoms with E-state index in [9.17, 15) is 4.79 Å². The molecular formula is C12H10ClN7O. The molecule has 0 aliphatic rings. The quantitative estimate of drug-likeness (QED) is 0.678. The van der Waals surface area contributed by atoms with E-state index in [2.05, 4.69) is 25.6 Å². The van der Waals surface area contributed by atoms with Crippen LogP contribution in [0.5, 0.6) is 0 Å². The second-order valence-electron chi connectivity index (χ2n) is 4.08. The number of nitrogens with zero attached hydrogens (tertiary/aromatic N) is 4. The second-order valence-corrected chi connectivity index (χ2v) is 4.49. The summed E-state index contributed by atoms with van der Waals surface area (Å²) in [5.41, 5.74) is 6.42. The zero-order chi connectivity index (χ0) is 14.8. The van der Waals surface area contributed by atoms with Gasteiger partial charge in [0.1, 0.15) is 5.69 Å². The number of H-pyrrole nitrogens is 1. The van der Waals surface area contributed by atoms with Gasteiger partial charge >= 0.3 is 0 Å². The van der Waals surface area contributed by atoms with Gasteiger partial charge in [-0.15, -0.1) is 5.10 Å². The highest BCUT2D eigenvalue weighted by molar-refractivity contribution is 6.33. The van der Waals surface area contributed by atoms with Crippen molar-refractivity contribution in [2.75, 3.05) is 11.1 Å². The summed E-state index contributed by atoms with van der Waals surface area (Å²) < 4.78 is 1.56. The number of aromatic nitrogens is 5. The summed E-state index contributed by atoms with van der Waals surface area (Å²) in [6, 6.07) is 6.90. The Labute approximate surface area is 123 Å². The van der Waals surface area contributed by atoms with Gasteiger partial charge in [0, 0.05) is 12.4 Å². The third kappa shape index (κ3) is 2.56. The maximum absolute atomic E-state index is 12.1. The summed E-state index contributed by atoms with van der Waals surface area (Å²) in [7, 11) is 0. The predicted molar refractivity (Wildman–Crippen MR) is 77.3 cm³/mol. The Hall–Kier alpha value is -2.87. The van der Waals surface area contributed by atoms with Crippen molar-refractivity contribution in [1.29, 1.82) is 0 Å². The average molecular weight is 304 g/mol. The molecule has 106 valence electrons. The molecule has 21 heavy (non-hydrogen) atoms. The van der Waals surface area contributed by atoms with Crippen LogP contribution in [0.15, 0.2) is 36.7 Å². The molecule has 1 aromatic carbocycles. The number of benzene rings is 1. The number of halogens is 1. The number of para-hydroxylation sites is 1. The molecule has 8 nitrogen and oxygen atoms in total. The number of anilines is 2. The number of rotatable bonds is 3. The highest BCUT2D eigenvalue weighted by Crippen LogP contribution is 2.28. The van der Waals surface area contributed by atoms with Gasteiger partial charge in [0.05, 0.1) is 10.7 Å². The Bertz CT molecular complexity index is 781. The molecule has 0 spiro atoms. The summed E-state index contributed by atoms with van der Waals surface area (Å²) in [4.78, 5) is 15.9. The van der Waals surface area contributed by atoms with E-state index in [4.69, 9.17) is 17.3 Å². The molecule has 0 fully saturated rings. The molecular weight excluding hydrogens is 294 g/mol. The fourth-order valence-corrected chi connectivity index (χ4v) is 2.07. The van der Waals surface area contributed by atoms with E-state index < -0.39 is 5.91 Å². The van der Waals surface area contributed by atoms with Crippen LogP contribution < -0.4 is 11.1 Å². The number of nitrogens with two attached hydrogens (primary N) is 1. The standard InChI is InChI=1S/C12H10ClN7O/c13-7-3-1-4-8(9(7)20-6-2-5-15-20)16-11(21)10-17-12(14)19-18-10/h1-6H,(H,16,21)(H3,14,17,18,19). The minimum Gasteiger partial charge on any atom is -0.366 e. The van der Waals surface area contributed by atoms with Gasteiger partial charge in [0.25, 0.3) is 5.91 Å². The molecule has 0 radical (unpaired) electrons. The van der Waals surface area contributed by atoms with Crippen molar-refractivity contribution in [3.8, 4) is 5.69 Å². The van der Waals surface area contributed by atoms with Crippen LogP contribution in [0.3, 0.4) is 0 Å². The zero-order valence-corrected chi connectivity index (χ0v) is 11.4. The van der Waals surface area contributed by atoms with Gasteiger partial charge in [-0.25, -0.2) is 4.68 Å². The zero-order valence-electron chi connectivity index (χ0n) is 10.6. The molecule has 0 aliphatic carbocycles. The second kappa shape index (κ2) is 5.25. The van der Waals surface area contributed by atoms with Gasteiger partial charge in [-0.2, -0.15) is 10.1 Å². The van der Waals surface area contributed by atoms with E-state index in [1.807, 2.05) is 0 Å². The summed E-state index contributed by atoms with van der Waals surface area (Å²) in [6.07, 6.45) is 3.34. The van der Waals surface area contributed by atoms with Crippen LogP contribution in [-0.2, 0) is 0 Å². The fraction of sp³-hybridized carbons (Fsp3) is 0. The van der Waals surface area contributed by atoms with E-state index in [1.165, 1.54) is 0 Å². The topological polar surface area (TPSA) is 115 Å². The molecule has 0 aliphatic heterocycles. The number of nitrogens with one attached hydrogen (secondary N) is 2. The molecule has 9 heteroatoms. The molecule has 4 N–H and O–H groups in total. The lowest BCUT2D eigenvalue weighted by atomic mass is 10.2. The summed E-state index contributed by atoms with van der Waals surface area (Å²) in [5.74, 6) is -0.465. The molecule has 3 aromatic rings. The van der Waals surface area contributed by atoms with Crippen molar-refractivity contribution in [1.82, 2.24) is 25.0 Å². The number of carbonyl (C=O) groups is 1. The molecule has 2 heterocycles. The van der Waals surface area contributed by atoms with Crippen molar-refractivity contribution in [2.24, 2.45) is 0 Å². The smallest absolute Gasteiger partial charge is 0.293 e. The number of nitrogen functional groups attached to an aromatic ring is 1. The lowest BCUT2D eigenvalue weighted by molar-refractivity contribution is 0.101. The first-order valence-corrected chi connectivity index (χ1v) is 6.30. The Morgan fingerprint density at radius 1 is 1.38 bits per heavy atom. The summed E-state index contributed by atoms with van der Waals surface area (Å²) in [5, 5.41) is 13.3. The maximum atomic E-state index is 12.1. The van der Waals surface area contributed by atoms with E-state index in [0.717, 1.165) is 0 Å². The van der Waals surface area contributed by atoms with Crippen molar-refractivity contribution in [3.05, 3.63) is 47.5 Å². The Balaban J connectivity index is 1.96. The Kier molecular flexibility index (Phi) is 3.28. The minimum absolute atomic E-state index is 0.00135. The van der Waals surface area contributed by atoms with Crippen LogP contribution in [0.25, 0.3) is 5.69 Å². The highest BCUT2D eigenvalue weighted by atomic mass is 35.5. The predicted octanol–water partition coefficient (Wildman–Crippen LogP) is 1.48. The monoisotopic (exact) mass is 303 g/mol. The van der Waals surface area contributed by atoms with E-state index >= 15 is 0 Å². The number of amides is 1. The average Bonchev–Trinajstić information content (AvgIpc) is 3.10. The van der Waals surface area contributed by atoms with Gasteiger partial charge in [0.15, 0.2) is 0 Å². The van der Waals surface area contributed by atoms with Crippen LogP contribution in [-0.4, -0.2) is 30.9 Å². The minimum atomic E-state index is -0.477. The summed E-state index contributed by atoms with van der Waals surface area (Å²) >= 11 is 6.19. The first-order valence-electron chi connectivity index (χ1n) is 5.93. The van der Waals surface area contributed by atoms with Gasteiger partial charge in [-0.3, -0.25) is 9.89 Å². The van der Waals surface area contributed by atoms with Crippen LogP contribution >= 0.6 is 11.6 Å². The normalized spacial score (nSPS) is 10.5. The molecule has 0 saturated carbocycles. The maximum Gasteiger partial charge on any atom is 0.293 e. The van der Waals surface area contributed by atoms with Gasteiger partial charge in [-0.1, -0.05) is 17.7 Å². The van der Waals surface area contributed by atoms with Gasteiger partial charge in [0.2, 0.25) is 11.8 Å². The molecule has 0 saturated heterocycles. The lowest BCUT2D eigenvalue weighted by Crippen LogP contribution is -2.16. The van der Waals surface area contributed by atoms with Crippen LogP contribution in [0.4, 0.5) is 11.6 Å². The Morgan fingerprint density at radius 2 is 2.24 bits per heavy atom. The van der Waals surface area contributed by atoms with Crippen molar-refractivity contribution in [3.63, 3.8) is 0 Å². The lowest BCUT2D eigenvalue weighted by Gasteiger charge is -2.11. The Morgan fingerprint density at radius 3 is 2.90 bits per heavy atom. The fourth-order valence-electron chi connectivity index (χ4n) is 1.81. The summed E-state index contributed by atoms with van der Waals surface area (Å²) in [6.45, 7) is 0. The van der Waals surface area contributed by atoms with Crippen molar-refractivity contribution in [2.45, 2.75) is 0 Å². The third-order valence-corrected chi connectivity index (χ3v) is 2.99. The van der Waals surface area contributed by atoms with Crippen LogP contribution in [0.2, 0.25) is 5.02 Å². The van der Waals surface area contributed by atoms with Gasteiger partial charge in [-0.05, 0) is 18.2 Å². The number of hydrogen-bond donors (Lipinski definition) is 3. The highest BCUT2D eigenvalue weighted by Gasteiger charge is 2.15. The largest absolute Gasteiger partial charge is 0.366 e. The first-order chi connectivity index (χ1) is 10.1. The SMILES string of the molecule is Nc1n[nH]c(C(=O)Nc2cccc(Cl)c2-n2cccn2)n1. The first kappa shape index (κ1) is 13.1. The molecule has 0 unspecified atom stereocenters. The number of hydrogen-bond acceptors (Lipinski definition) is 5. The number of carbonyl (C=O) groups excluding carboxylic acids is 1. The number of aromatic amines is 1. The van der Waals surface area contributed by atoms with Crippen LogP contribution in [0, 0.1) is 0 Å². The molecule has 3 rings (SSSR count).